The maximum Gasteiger partial charge on any atom is 0.266 e. The van der Waals surface area contributed by atoms with Gasteiger partial charge in [-0.15, -0.1) is 0 Å². The van der Waals surface area contributed by atoms with E-state index in [1.165, 1.54) is 4.90 Å². The quantitative estimate of drug-likeness (QED) is 0.366. The predicted molar refractivity (Wildman–Crippen MR) is 57.7 cm³/mol. The molecule has 0 aromatic rings. The van der Waals surface area contributed by atoms with Crippen LogP contribution in [-0.4, -0.2) is 40.3 Å². The van der Waals surface area contributed by atoms with Gasteiger partial charge in [0, 0.05) is 18.2 Å². The summed E-state index contributed by atoms with van der Waals surface area (Å²) in [5, 5.41) is 8.54. The number of carbonyl (C=O) groups excluding carboxylic acids is 2. The van der Waals surface area contributed by atoms with Gasteiger partial charge in [0.1, 0.15) is 6.04 Å². The van der Waals surface area contributed by atoms with Gasteiger partial charge in [-0.25, -0.2) is 5.48 Å². The third-order valence-electron chi connectivity index (χ3n) is 2.64. The highest BCUT2D eigenvalue weighted by Gasteiger charge is 2.35. The predicted octanol–water partition coefficient (Wildman–Crippen LogP) is 0.0487. The van der Waals surface area contributed by atoms with Crippen molar-refractivity contribution in [3.8, 4) is 0 Å². The summed E-state index contributed by atoms with van der Waals surface area (Å²) in [5.74, 6) is -0.313. The van der Waals surface area contributed by atoms with Crippen molar-refractivity contribution in [1.29, 1.82) is 0 Å². The van der Waals surface area contributed by atoms with E-state index in [9.17, 15) is 9.59 Å². The Morgan fingerprint density at radius 1 is 1.67 bits per heavy atom. The lowest BCUT2D eigenvalue weighted by atomic mass is 10.1. The number of hydrogen-bond acceptors (Lipinski definition) is 4. The molecule has 15 heavy (non-hydrogen) atoms. The van der Waals surface area contributed by atoms with Gasteiger partial charge in [0.2, 0.25) is 5.91 Å². The van der Waals surface area contributed by atoms with Crippen molar-refractivity contribution in [2.24, 2.45) is 5.92 Å². The van der Waals surface area contributed by atoms with Gasteiger partial charge in [-0.3, -0.25) is 14.8 Å². The Hall–Kier alpha value is -0.750. The third-order valence-corrected chi connectivity index (χ3v) is 3.19. The Kier molecular flexibility index (Phi) is 4.41. The molecule has 1 aliphatic rings. The Morgan fingerprint density at radius 2 is 2.33 bits per heavy atom. The number of nitrogens with zero attached hydrogens (tertiary/aromatic N) is 1. The zero-order valence-corrected chi connectivity index (χ0v) is 9.54. The van der Waals surface area contributed by atoms with Crippen LogP contribution in [0.5, 0.6) is 0 Å². The van der Waals surface area contributed by atoms with Crippen molar-refractivity contribution < 1.29 is 14.8 Å². The summed E-state index contributed by atoms with van der Waals surface area (Å²) in [4.78, 5) is 24.6. The molecule has 0 unspecified atom stereocenters. The fourth-order valence-electron chi connectivity index (χ4n) is 1.74. The summed E-state index contributed by atoms with van der Waals surface area (Å²) in [6.45, 7) is 2.36. The van der Waals surface area contributed by atoms with Gasteiger partial charge < -0.3 is 4.90 Å². The summed E-state index contributed by atoms with van der Waals surface area (Å²) in [5.41, 5.74) is 1.60. The van der Waals surface area contributed by atoms with E-state index in [2.05, 4.69) is 12.6 Å². The van der Waals surface area contributed by atoms with Gasteiger partial charge in [0.15, 0.2) is 0 Å². The van der Waals surface area contributed by atoms with Gasteiger partial charge in [-0.1, -0.05) is 6.92 Å². The summed E-state index contributed by atoms with van der Waals surface area (Å²) < 4.78 is 0. The van der Waals surface area contributed by atoms with Crippen LogP contribution in [-0.2, 0) is 9.59 Å². The van der Waals surface area contributed by atoms with E-state index in [0.29, 0.717) is 18.7 Å². The van der Waals surface area contributed by atoms with Crippen LogP contribution in [0.1, 0.15) is 19.8 Å². The van der Waals surface area contributed by atoms with Crippen LogP contribution in [0.4, 0.5) is 0 Å². The average molecular weight is 232 g/mol. The molecule has 1 aliphatic heterocycles. The van der Waals surface area contributed by atoms with E-state index >= 15 is 0 Å². The fourth-order valence-corrected chi connectivity index (χ4v) is 1.89. The number of rotatable bonds is 3. The molecule has 86 valence electrons. The number of thiol groups is 1. The van der Waals surface area contributed by atoms with E-state index < -0.39 is 11.9 Å². The highest BCUT2D eigenvalue weighted by molar-refractivity contribution is 7.80. The molecular weight excluding hydrogens is 216 g/mol. The van der Waals surface area contributed by atoms with Crippen LogP contribution < -0.4 is 5.48 Å². The molecule has 1 saturated heterocycles. The van der Waals surface area contributed by atoms with Crippen molar-refractivity contribution in [3.63, 3.8) is 0 Å². The monoisotopic (exact) mass is 232 g/mol. The van der Waals surface area contributed by atoms with Gasteiger partial charge in [0.25, 0.3) is 5.91 Å². The van der Waals surface area contributed by atoms with Gasteiger partial charge in [0.05, 0.1) is 0 Å². The smallest absolute Gasteiger partial charge is 0.266 e. The molecule has 1 heterocycles. The van der Waals surface area contributed by atoms with Crippen LogP contribution in [0, 0.1) is 5.92 Å². The van der Waals surface area contributed by atoms with Crippen LogP contribution in [0.3, 0.4) is 0 Å². The van der Waals surface area contributed by atoms with E-state index in [1.807, 2.05) is 0 Å². The molecular formula is C9H16N2O3S. The average Bonchev–Trinajstić information content (AvgIpc) is 2.74. The second kappa shape index (κ2) is 5.37. The van der Waals surface area contributed by atoms with Crippen molar-refractivity contribution in [2.75, 3.05) is 12.3 Å². The number of hydroxylamine groups is 1. The summed E-state index contributed by atoms with van der Waals surface area (Å²) >= 11 is 4.05. The highest BCUT2D eigenvalue weighted by Crippen LogP contribution is 2.20. The lowest BCUT2D eigenvalue weighted by Crippen LogP contribution is -2.47. The molecule has 1 fully saturated rings. The molecule has 6 heteroatoms. The van der Waals surface area contributed by atoms with Crippen LogP contribution in [0.25, 0.3) is 0 Å². The molecule has 0 spiro atoms. The molecule has 2 N–H and O–H groups in total. The first kappa shape index (κ1) is 12.3. The molecule has 0 aromatic carbocycles. The lowest BCUT2D eigenvalue weighted by Gasteiger charge is -2.25. The Morgan fingerprint density at radius 3 is 2.87 bits per heavy atom. The Bertz CT molecular complexity index is 260. The summed E-state index contributed by atoms with van der Waals surface area (Å²) in [7, 11) is 0. The maximum atomic E-state index is 11.8. The first-order chi connectivity index (χ1) is 7.11. The Balaban J connectivity index is 2.68. The van der Waals surface area contributed by atoms with Crippen LogP contribution >= 0.6 is 12.6 Å². The molecule has 0 saturated carbocycles. The zero-order valence-electron chi connectivity index (χ0n) is 8.64. The summed E-state index contributed by atoms with van der Waals surface area (Å²) in [6, 6.07) is -0.523. The molecule has 2 amide bonds. The van der Waals surface area contributed by atoms with Crippen LogP contribution in [0.2, 0.25) is 0 Å². The molecule has 0 aromatic heterocycles. The summed E-state index contributed by atoms with van der Waals surface area (Å²) in [6.07, 6.45) is 1.40. The van der Waals surface area contributed by atoms with E-state index in [-0.39, 0.29) is 11.8 Å². The minimum atomic E-state index is -0.523. The van der Waals surface area contributed by atoms with Gasteiger partial charge in [-0.05, 0) is 12.8 Å². The molecule has 0 aliphatic carbocycles. The zero-order chi connectivity index (χ0) is 11.4. The molecule has 0 radical (unpaired) electrons. The van der Waals surface area contributed by atoms with E-state index in [0.717, 1.165) is 6.42 Å². The van der Waals surface area contributed by atoms with Crippen molar-refractivity contribution >= 4 is 24.4 Å². The first-order valence-electron chi connectivity index (χ1n) is 4.97. The van der Waals surface area contributed by atoms with Crippen molar-refractivity contribution in [1.82, 2.24) is 10.4 Å². The lowest BCUT2D eigenvalue weighted by molar-refractivity contribution is -0.144. The largest absolute Gasteiger partial charge is 0.330 e. The van der Waals surface area contributed by atoms with Crippen LogP contribution in [0.15, 0.2) is 0 Å². The fraction of sp³-hybridized carbons (Fsp3) is 0.778. The molecule has 0 bridgehead atoms. The highest BCUT2D eigenvalue weighted by atomic mass is 32.1. The second-order valence-corrected chi connectivity index (χ2v) is 4.11. The maximum absolute atomic E-state index is 11.8. The SMILES string of the molecule is C[C@H](CS)C(=O)N1CCC[C@H]1C(=O)NO. The second-order valence-electron chi connectivity index (χ2n) is 3.75. The molecule has 1 rings (SSSR count). The third kappa shape index (κ3) is 2.63. The number of hydrogen-bond donors (Lipinski definition) is 3. The standard InChI is InChI=1S/C9H16N2O3S/c1-6(5-15)9(13)11-4-2-3-7(11)8(12)10-14/h6-7,14-15H,2-5H2,1H3,(H,10,12)/t6-,7+/m1/s1. The van der Waals surface area contributed by atoms with Gasteiger partial charge in [-0.2, -0.15) is 12.6 Å². The minimum Gasteiger partial charge on any atom is -0.330 e. The number of carbonyl (C=O) groups is 2. The molecule has 5 nitrogen and oxygen atoms in total. The topological polar surface area (TPSA) is 69.6 Å². The van der Waals surface area contributed by atoms with E-state index in [4.69, 9.17) is 5.21 Å². The number of amides is 2. The number of nitrogens with one attached hydrogen (secondary N) is 1. The first-order valence-corrected chi connectivity index (χ1v) is 5.60. The van der Waals surface area contributed by atoms with Gasteiger partial charge >= 0.3 is 0 Å². The Labute approximate surface area is 94.2 Å². The van der Waals surface area contributed by atoms with E-state index in [1.54, 1.807) is 12.4 Å². The normalized spacial score (nSPS) is 22.6. The number of likely N-dealkylation sites (tertiary alicyclic amines) is 1. The van der Waals surface area contributed by atoms with Crippen molar-refractivity contribution in [3.05, 3.63) is 0 Å². The molecule has 2 atom stereocenters. The minimum absolute atomic E-state index is 0.0731. The van der Waals surface area contributed by atoms with Crippen molar-refractivity contribution in [2.45, 2.75) is 25.8 Å².